The van der Waals surface area contributed by atoms with Crippen molar-refractivity contribution in [3.63, 3.8) is 0 Å². The maximum absolute atomic E-state index is 12.1. The number of benzene rings is 1. The van der Waals surface area contributed by atoms with Gasteiger partial charge in [0.05, 0.1) is 0 Å². The van der Waals surface area contributed by atoms with Crippen LogP contribution in [-0.4, -0.2) is 30.6 Å². The van der Waals surface area contributed by atoms with Crippen LogP contribution >= 0.6 is 0 Å². The molecule has 1 aliphatic heterocycles. The molecule has 0 aliphatic carbocycles. The van der Waals surface area contributed by atoms with E-state index in [-0.39, 0.29) is 5.75 Å². The monoisotopic (exact) mass is 298 g/mol. The number of ether oxygens (including phenoxy) is 1. The average Bonchev–Trinajstić information content (AvgIpc) is 2.49. The van der Waals surface area contributed by atoms with Crippen LogP contribution in [0.2, 0.25) is 0 Å². The second-order valence-corrected chi connectivity index (χ2v) is 5.68. The molecular weight excluding hydrogens is 274 g/mol. The largest absolute Gasteiger partial charge is 0.435 e. The number of likely N-dealkylation sites (tertiary alicyclic amines) is 1. The predicted molar refractivity (Wildman–Crippen MR) is 79.3 cm³/mol. The summed E-state index contributed by atoms with van der Waals surface area (Å²) in [6.07, 6.45) is 3.57. The highest BCUT2D eigenvalue weighted by Gasteiger charge is 2.26. The van der Waals surface area contributed by atoms with Gasteiger partial charge in [0.25, 0.3) is 0 Å². The molecule has 3 nitrogen and oxygen atoms in total. The molecular formula is C16H24F2N2O. The van der Waals surface area contributed by atoms with Crippen molar-refractivity contribution in [3.8, 4) is 5.75 Å². The van der Waals surface area contributed by atoms with Crippen LogP contribution in [0.15, 0.2) is 24.3 Å². The summed E-state index contributed by atoms with van der Waals surface area (Å²) in [6, 6.07) is 7.30. The fourth-order valence-electron chi connectivity index (χ4n) is 3.02. The molecule has 1 aliphatic rings. The molecule has 0 saturated carbocycles. The van der Waals surface area contributed by atoms with E-state index in [1.165, 1.54) is 12.8 Å². The van der Waals surface area contributed by atoms with Crippen molar-refractivity contribution in [2.45, 2.75) is 45.4 Å². The van der Waals surface area contributed by atoms with Crippen molar-refractivity contribution in [1.29, 1.82) is 0 Å². The minimum atomic E-state index is -2.77. The van der Waals surface area contributed by atoms with Crippen LogP contribution in [0.25, 0.3) is 0 Å². The molecule has 1 aromatic rings. The van der Waals surface area contributed by atoms with Crippen molar-refractivity contribution >= 4 is 0 Å². The Kier molecular flexibility index (Phi) is 5.94. The Morgan fingerprint density at radius 2 is 2.05 bits per heavy atom. The lowest BCUT2D eigenvalue weighted by Gasteiger charge is -2.38. The molecule has 5 heteroatoms. The number of piperidine rings is 1. The van der Waals surface area contributed by atoms with Gasteiger partial charge in [-0.05, 0) is 43.0 Å². The highest BCUT2D eigenvalue weighted by Crippen LogP contribution is 2.26. The van der Waals surface area contributed by atoms with E-state index < -0.39 is 6.61 Å². The van der Waals surface area contributed by atoms with Gasteiger partial charge in [-0.1, -0.05) is 25.5 Å². The molecule has 118 valence electrons. The molecule has 0 amide bonds. The van der Waals surface area contributed by atoms with Gasteiger partial charge >= 0.3 is 6.61 Å². The summed E-state index contributed by atoms with van der Waals surface area (Å²) in [4.78, 5) is 2.40. The number of hydrogen-bond donors (Lipinski definition) is 1. The lowest BCUT2D eigenvalue weighted by atomic mass is 9.88. The maximum atomic E-state index is 12.1. The molecule has 2 unspecified atom stereocenters. The van der Waals surface area contributed by atoms with Crippen molar-refractivity contribution in [2.75, 3.05) is 13.1 Å². The van der Waals surface area contributed by atoms with Crippen molar-refractivity contribution < 1.29 is 13.5 Å². The van der Waals surface area contributed by atoms with Crippen LogP contribution in [-0.2, 0) is 6.54 Å². The molecule has 21 heavy (non-hydrogen) atoms. The third-order valence-electron chi connectivity index (χ3n) is 4.33. The number of hydrogen-bond acceptors (Lipinski definition) is 3. The second-order valence-electron chi connectivity index (χ2n) is 5.68. The molecule has 1 saturated heterocycles. The first kappa shape index (κ1) is 16.2. The third kappa shape index (κ3) is 4.64. The Labute approximate surface area is 125 Å². The Morgan fingerprint density at radius 1 is 1.33 bits per heavy atom. The van der Waals surface area contributed by atoms with Gasteiger partial charge in [0.15, 0.2) is 0 Å². The van der Waals surface area contributed by atoms with Crippen LogP contribution in [0, 0.1) is 5.92 Å². The second kappa shape index (κ2) is 7.71. The topological polar surface area (TPSA) is 38.5 Å². The Balaban J connectivity index is 1.94. The van der Waals surface area contributed by atoms with Crippen LogP contribution < -0.4 is 10.5 Å². The first-order valence-electron chi connectivity index (χ1n) is 7.60. The molecule has 1 heterocycles. The summed E-state index contributed by atoms with van der Waals surface area (Å²) in [5.74, 6) is 0.977. The van der Waals surface area contributed by atoms with Crippen LogP contribution in [0.3, 0.4) is 0 Å². The molecule has 2 rings (SSSR count). The maximum Gasteiger partial charge on any atom is 0.387 e. The summed E-state index contributed by atoms with van der Waals surface area (Å²) in [6.45, 7) is 1.99. The van der Waals surface area contributed by atoms with Crippen LogP contribution in [0.4, 0.5) is 8.78 Å². The molecule has 0 bridgehead atoms. The number of nitrogens with two attached hydrogens (primary N) is 1. The van der Waals surface area contributed by atoms with E-state index in [0.29, 0.717) is 12.6 Å². The SMILES string of the molecule is CCC1CCN(Cc2ccc(OC(F)F)cc2)C(CN)C1. The zero-order valence-corrected chi connectivity index (χ0v) is 12.5. The first-order chi connectivity index (χ1) is 10.1. The summed E-state index contributed by atoms with van der Waals surface area (Å²) in [5.41, 5.74) is 7.00. The van der Waals surface area contributed by atoms with Gasteiger partial charge in [-0.15, -0.1) is 0 Å². The van der Waals surface area contributed by atoms with Crippen molar-refractivity contribution in [3.05, 3.63) is 29.8 Å². The van der Waals surface area contributed by atoms with Gasteiger partial charge in [-0.2, -0.15) is 8.78 Å². The zero-order chi connectivity index (χ0) is 15.2. The van der Waals surface area contributed by atoms with Crippen molar-refractivity contribution in [1.82, 2.24) is 4.90 Å². The lowest BCUT2D eigenvalue weighted by molar-refractivity contribution is -0.0498. The summed E-state index contributed by atoms with van der Waals surface area (Å²) >= 11 is 0. The van der Waals surface area contributed by atoms with Gasteiger partial charge in [-0.3, -0.25) is 4.90 Å². The van der Waals surface area contributed by atoms with Gasteiger partial charge in [0.1, 0.15) is 5.75 Å². The van der Waals surface area contributed by atoms with E-state index in [4.69, 9.17) is 5.73 Å². The zero-order valence-electron chi connectivity index (χ0n) is 12.5. The first-order valence-corrected chi connectivity index (χ1v) is 7.60. The van der Waals surface area contributed by atoms with Crippen molar-refractivity contribution in [2.24, 2.45) is 11.7 Å². The van der Waals surface area contributed by atoms with E-state index in [0.717, 1.165) is 31.0 Å². The lowest BCUT2D eigenvalue weighted by Crippen LogP contribution is -2.45. The van der Waals surface area contributed by atoms with E-state index in [1.807, 2.05) is 12.1 Å². The van der Waals surface area contributed by atoms with Crippen LogP contribution in [0.1, 0.15) is 31.7 Å². The fourth-order valence-corrected chi connectivity index (χ4v) is 3.02. The molecule has 0 spiro atoms. The predicted octanol–water partition coefficient (Wildman–Crippen LogP) is 3.24. The quantitative estimate of drug-likeness (QED) is 0.876. The summed E-state index contributed by atoms with van der Waals surface area (Å²) in [7, 11) is 0. The number of alkyl halides is 2. The minimum absolute atomic E-state index is 0.203. The molecule has 1 fully saturated rings. The van der Waals surface area contributed by atoms with Gasteiger partial charge < -0.3 is 10.5 Å². The molecule has 0 radical (unpaired) electrons. The normalized spacial score (nSPS) is 23.5. The highest BCUT2D eigenvalue weighted by molar-refractivity contribution is 5.27. The summed E-state index contributed by atoms with van der Waals surface area (Å²) < 4.78 is 28.6. The smallest absolute Gasteiger partial charge is 0.387 e. The molecule has 2 N–H and O–H groups in total. The van der Waals surface area contributed by atoms with Gasteiger partial charge in [-0.25, -0.2) is 0 Å². The van der Waals surface area contributed by atoms with Gasteiger partial charge in [0, 0.05) is 19.1 Å². The van der Waals surface area contributed by atoms with E-state index >= 15 is 0 Å². The minimum Gasteiger partial charge on any atom is -0.435 e. The number of rotatable bonds is 6. The Hall–Kier alpha value is -1.20. The van der Waals surface area contributed by atoms with Crippen LogP contribution in [0.5, 0.6) is 5.75 Å². The Bertz CT molecular complexity index is 425. The standard InChI is InChI=1S/C16H24F2N2O/c1-2-12-7-8-20(14(9-12)10-19)11-13-3-5-15(6-4-13)21-16(17)18/h3-6,12,14,16H,2,7-11,19H2,1H3. The summed E-state index contributed by atoms with van der Waals surface area (Å²) in [5, 5.41) is 0. The van der Waals surface area contributed by atoms with E-state index in [9.17, 15) is 8.78 Å². The average molecular weight is 298 g/mol. The number of halogens is 2. The molecule has 0 aromatic heterocycles. The van der Waals surface area contributed by atoms with E-state index in [2.05, 4.69) is 16.6 Å². The molecule has 2 atom stereocenters. The highest BCUT2D eigenvalue weighted by atomic mass is 19.3. The Morgan fingerprint density at radius 3 is 2.62 bits per heavy atom. The van der Waals surface area contributed by atoms with E-state index in [1.54, 1.807) is 12.1 Å². The third-order valence-corrected chi connectivity index (χ3v) is 4.33. The van der Waals surface area contributed by atoms with Gasteiger partial charge in [0.2, 0.25) is 0 Å². The molecule has 1 aromatic carbocycles. The number of nitrogens with zero attached hydrogens (tertiary/aromatic N) is 1. The fraction of sp³-hybridized carbons (Fsp3) is 0.625.